The molecule has 186 valence electrons. The highest BCUT2D eigenvalue weighted by Crippen LogP contribution is 2.67. The van der Waals surface area contributed by atoms with Crippen molar-refractivity contribution in [3.63, 3.8) is 0 Å². The molecule has 6 heteroatoms. The smallest absolute Gasteiger partial charge is 0.326 e. The van der Waals surface area contributed by atoms with Crippen molar-refractivity contribution in [2.75, 3.05) is 0 Å². The van der Waals surface area contributed by atoms with Crippen molar-refractivity contribution in [3.8, 4) is 0 Å². The van der Waals surface area contributed by atoms with Crippen molar-refractivity contribution in [2.45, 2.75) is 110 Å². The van der Waals surface area contributed by atoms with Gasteiger partial charge in [-0.25, -0.2) is 4.79 Å². The van der Waals surface area contributed by atoms with Crippen LogP contribution in [-0.2, 0) is 14.4 Å². The van der Waals surface area contributed by atoms with E-state index in [2.05, 4.69) is 19.2 Å². The normalized spacial score (nSPS) is 40.7. The van der Waals surface area contributed by atoms with E-state index in [1.807, 2.05) is 0 Å². The van der Waals surface area contributed by atoms with E-state index in [9.17, 15) is 19.5 Å². The fourth-order valence-electron chi connectivity index (χ4n) is 9.05. The molecule has 6 nitrogen and oxygen atoms in total. The van der Waals surface area contributed by atoms with E-state index >= 15 is 0 Å². The maximum absolute atomic E-state index is 12.3. The third-order valence-electron chi connectivity index (χ3n) is 10.8. The van der Waals surface area contributed by atoms with Gasteiger partial charge in [-0.05, 0) is 105 Å². The lowest BCUT2D eigenvalue weighted by molar-refractivity contribution is -0.143. The molecule has 33 heavy (non-hydrogen) atoms. The van der Waals surface area contributed by atoms with Crippen LogP contribution in [0.25, 0.3) is 0 Å². The molecule has 4 saturated carbocycles. The van der Waals surface area contributed by atoms with Gasteiger partial charge >= 0.3 is 5.97 Å². The molecule has 4 rings (SSSR count). The van der Waals surface area contributed by atoms with Crippen LogP contribution < -0.4 is 11.1 Å². The molecule has 0 bridgehead atoms. The Morgan fingerprint density at radius 3 is 2.45 bits per heavy atom. The fourth-order valence-corrected chi connectivity index (χ4v) is 9.05. The predicted molar refractivity (Wildman–Crippen MR) is 127 cm³/mol. The molecule has 8 unspecified atom stereocenters. The van der Waals surface area contributed by atoms with Crippen LogP contribution in [0, 0.1) is 40.4 Å². The molecule has 0 radical (unpaired) electrons. The number of carboxylic acid groups (broad SMARTS) is 1. The van der Waals surface area contributed by atoms with Gasteiger partial charge in [-0.15, -0.1) is 0 Å². The molecule has 4 N–H and O–H groups in total. The molecule has 0 aromatic carbocycles. The highest BCUT2D eigenvalue weighted by atomic mass is 16.4. The molecule has 4 aliphatic rings. The second kappa shape index (κ2) is 9.58. The van der Waals surface area contributed by atoms with Crippen LogP contribution in [0.4, 0.5) is 0 Å². The van der Waals surface area contributed by atoms with Crippen molar-refractivity contribution in [2.24, 2.45) is 46.2 Å². The number of carbonyl (C=O) groups is 3. The minimum absolute atomic E-state index is 0.296. The molecule has 0 heterocycles. The lowest BCUT2D eigenvalue weighted by atomic mass is 9.45. The predicted octanol–water partition coefficient (Wildman–Crippen LogP) is 4.65. The van der Waals surface area contributed by atoms with Gasteiger partial charge in [-0.3, -0.25) is 9.59 Å². The summed E-state index contributed by atoms with van der Waals surface area (Å²) in [4.78, 5) is 34.6. The SMILES string of the molecule is CC12CCCCC1CCC1C2CCC2(C)C(CCCC(=O)NC(CC(N)=O)C(=O)O)CCC12. The average Bonchev–Trinajstić information content (AvgIpc) is 3.09. The Labute approximate surface area is 198 Å². The molecule has 0 aromatic heterocycles. The lowest BCUT2D eigenvalue weighted by Crippen LogP contribution is -2.52. The van der Waals surface area contributed by atoms with Gasteiger partial charge in [0.25, 0.3) is 0 Å². The van der Waals surface area contributed by atoms with Gasteiger partial charge in [0, 0.05) is 6.42 Å². The van der Waals surface area contributed by atoms with Gasteiger partial charge in [-0.2, -0.15) is 0 Å². The number of nitrogens with two attached hydrogens (primary N) is 1. The number of nitrogens with one attached hydrogen (secondary N) is 1. The summed E-state index contributed by atoms with van der Waals surface area (Å²) in [5.41, 5.74) is 6.07. The van der Waals surface area contributed by atoms with Crippen LogP contribution in [0.5, 0.6) is 0 Å². The Balaban J connectivity index is 1.32. The highest BCUT2D eigenvalue weighted by Gasteiger charge is 2.59. The second-order valence-electron chi connectivity index (χ2n) is 12.2. The molecule has 4 fully saturated rings. The number of carboxylic acids is 1. The number of hydrogen-bond donors (Lipinski definition) is 3. The Hall–Kier alpha value is -1.59. The summed E-state index contributed by atoms with van der Waals surface area (Å²) in [6.45, 7) is 5.16. The first-order valence-corrected chi connectivity index (χ1v) is 13.5. The fraction of sp³-hybridized carbons (Fsp3) is 0.889. The maximum Gasteiger partial charge on any atom is 0.326 e. The molecule has 0 spiro atoms. The van der Waals surface area contributed by atoms with Crippen LogP contribution in [-0.4, -0.2) is 28.9 Å². The minimum Gasteiger partial charge on any atom is -0.480 e. The molecule has 0 aliphatic heterocycles. The first-order chi connectivity index (χ1) is 15.6. The van der Waals surface area contributed by atoms with Gasteiger partial charge in [0.1, 0.15) is 6.04 Å². The van der Waals surface area contributed by atoms with Crippen LogP contribution in [0.15, 0.2) is 0 Å². The first-order valence-electron chi connectivity index (χ1n) is 13.5. The van der Waals surface area contributed by atoms with Gasteiger partial charge in [0.05, 0.1) is 6.42 Å². The highest BCUT2D eigenvalue weighted by molar-refractivity contribution is 5.88. The Morgan fingerprint density at radius 2 is 1.73 bits per heavy atom. The Bertz CT molecular complexity index is 769. The zero-order chi connectivity index (χ0) is 23.8. The van der Waals surface area contributed by atoms with Crippen molar-refractivity contribution in [1.82, 2.24) is 5.32 Å². The molecular formula is C27H44N2O4. The molecule has 0 aromatic rings. The maximum atomic E-state index is 12.3. The van der Waals surface area contributed by atoms with Crippen LogP contribution >= 0.6 is 0 Å². The summed E-state index contributed by atoms with van der Waals surface area (Å²) >= 11 is 0. The van der Waals surface area contributed by atoms with Crippen molar-refractivity contribution >= 4 is 17.8 Å². The molecule has 2 amide bonds. The lowest BCUT2D eigenvalue weighted by Gasteiger charge is -2.60. The number of aliphatic carboxylic acids is 1. The Morgan fingerprint density at radius 1 is 0.970 bits per heavy atom. The van der Waals surface area contributed by atoms with Crippen molar-refractivity contribution in [1.29, 1.82) is 0 Å². The number of amides is 2. The number of fused-ring (bicyclic) bond motifs is 5. The van der Waals surface area contributed by atoms with E-state index in [1.54, 1.807) is 0 Å². The average molecular weight is 461 g/mol. The number of carbonyl (C=O) groups excluding carboxylic acids is 2. The quantitative estimate of drug-likeness (QED) is 0.490. The van der Waals surface area contributed by atoms with Crippen LogP contribution in [0.3, 0.4) is 0 Å². The van der Waals surface area contributed by atoms with Crippen LogP contribution in [0.2, 0.25) is 0 Å². The van der Waals surface area contributed by atoms with Gasteiger partial charge in [0.2, 0.25) is 11.8 Å². The van der Waals surface area contributed by atoms with Gasteiger partial charge in [-0.1, -0.05) is 26.7 Å². The summed E-state index contributed by atoms with van der Waals surface area (Å²) in [6, 6.07) is -1.23. The largest absolute Gasteiger partial charge is 0.480 e. The zero-order valence-corrected chi connectivity index (χ0v) is 20.6. The van der Waals surface area contributed by atoms with E-state index in [0.717, 1.165) is 36.5 Å². The standard InChI is InChI=1S/C27H44N2O4/c1-26-14-4-3-6-17(26)9-11-19-20-12-10-18(27(20,2)15-13-21(19)26)7-5-8-24(31)29-22(25(32)33)16-23(28)30/h17-22H,3-16H2,1-2H3,(H2,28,30)(H,29,31)(H,32,33). The zero-order valence-electron chi connectivity index (χ0n) is 20.6. The van der Waals surface area contributed by atoms with Gasteiger partial charge in [0.15, 0.2) is 0 Å². The molecule has 0 saturated heterocycles. The molecular weight excluding hydrogens is 416 g/mol. The Kier molecular flexibility index (Phi) is 7.12. The molecule has 4 aliphatic carbocycles. The van der Waals surface area contributed by atoms with E-state index in [0.29, 0.717) is 23.2 Å². The van der Waals surface area contributed by atoms with E-state index in [4.69, 9.17) is 5.73 Å². The molecule has 8 atom stereocenters. The van der Waals surface area contributed by atoms with E-state index in [1.165, 1.54) is 64.2 Å². The minimum atomic E-state index is -1.23. The monoisotopic (exact) mass is 460 g/mol. The first kappa shape index (κ1) is 24.5. The topological polar surface area (TPSA) is 109 Å². The summed E-state index contributed by atoms with van der Waals surface area (Å²) in [5, 5.41) is 11.7. The van der Waals surface area contributed by atoms with E-state index < -0.39 is 17.9 Å². The summed E-state index contributed by atoms with van der Waals surface area (Å²) in [7, 11) is 0. The number of rotatable bonds is 8. The van der Waals surface area contributed by atoms with Gasteiger partial charge < -0.3 is 16.2 Å². The third kappa shape index (κ3) is 4.68. The number of primary amides is 1. The third-order valence-corrected chi connectivity index (χ3v) is 10.8. The number of hydrogen-bond acceptors (Lipinski definition) is 3. The van der Waals surface area contributed by atoms with E-state index in [-0.39, 0.29) is 12.3 Å². The summed E-state index contributed by atoms with van der Waals surface area (Å²) in [6.07, 6.45) is 15.7. The summed E-state index contributed by atoms with van der Waals surface area (Å²) < 4.78 is 0. The van der Waals surface area contributed by atoms with Crippen molar-refractivity contribution in [3.05, 3.63) is 0 Å². The van der Waals surface area contributed by atoms with Crippen LogP contribution in [0.1, 0.15) is 104 Å². The summed E-state index contributed by atoms with van der Waals surface area (Å²) in [5.74, 6) is 2.02. The van der Waals surface area contributed by atoms with Crippen molar-refractivity contribution < 1.29 is 19.5 Å². The second-order valence-corrected chi connectivity index (χ2v) is 12.2.